The molecule has 0 aliphatic rings. The fourth-order valence-corrected chi connectivity index (χ4v) is 1.27. The first-order chi connectivity index (χ1) is 7.72. The lowest BCUT2D eigenvalue weighted by atomic mass is 10.2. The Bertz CT molecular complexity index is 520. The molecule has 82 valence electrons. The van der Waals surface area contributed by atoms with Gasteiger partial charge in [0.25, 0.3) is 0 Å². The highest BCUT2D eigenvalue weighted by molar-refractivity contribution is 6.29. The standard InChI is InChI=1S/C8H7ClN6O/c1-5-11-13-14-15(5)8(12-16)6-2-3-7(9)10-4-6/h2-4,16H,1H3. The number of hydrogen-bond acceptors (Lipinski definition) is 6. The van der Waals surface area contributed by atoms with E-state index in [0.29, 0.717) is 16.5 Å². The van der Waals surface area contributed by atoms with Crippen molar-refractivity contribution in [1.82, 2.24) is 25.2 Å². The molecular weight excluding hydrogens is 232 g/mol. The molecule has 0 saturated carbocycles. The maximum absolute atomic E-state index is 8.96. The van der Waals surface area contributed by atoms with Gasteiger partial charge in [-0.2, -0.15) is 4.68 Å². The monoisotopic (exact) mass is 238 g/mol. The number of pyridine rings is 1. The van der Waals surface area contributed by atoms with E-state index >= 15 is 0 Å². The molecule has 2 heterocycles. The second-order valence-electron chi connectivity index (χ2n) is 2.93. The number of oxime groups is 1. The van der Waals surface area contributed by atoms with Crippen LogP contribution in [0.2, 0.25) is 5.15 Å². The molecule has 8 heteroatoms. The minimum atomic E-state index is 0.187. The molecule has 0 aliphatic carbocycles. The van der Waals surface area contributed by atoms with Crippen LogP contribution in [0.25, 0.3) is 0 Å². The number of aryl methyl sites for hydroxylation is 1. The minimum Gasteiger partial charge on any atom is -0.409 e. The first-order valence-corrected chi connectivity index (χ1v) is 4.69. The Morgan fingerprint density at radius 1 is 1.50 bits per heavy atom. The summed E-state index contributed by atoms with van der Waals surface area (Å²) in [7, 11) is 0. The molecule has 0 spiro atoms. The summed E-state index contributed by atoms with van der Waals surface area (Å²) in [6.45, 7) is 1.69. The van der Waals surface area contributed by atoms with E-state index in [1.807, 2.05) is 0 Å². The lowest BCUT2D eigenvalue weighted by Crippen LogP contribution is -2.17. The second-order valence-corrected chi connectivity index (χ2v) is 3.32. The zero-order valence-electron chi connectivity index (χ0n) is 8.24. The molecule has 2 aromatic rings. The van der Waals surface area contributed by atoms with E-state index in [0.717, 1.165) is 0 Å². The average Bonchev–Trinajstić information content (AvgIpc) is 2.69. The van der Waals surface area contributed by atoms with Crippen molar-refractivity contribution in [1.29, 1.82) is 0 Å². The lowest BCUT2D eigenvalue weighted by Gasteiger charge is -2.03. The molecule has 2 aromatic heterocycles. The van der Waals surface area contributed by atoms with E-state index in [-0.39, 0.29) is 5.84 Å². The molecule has 0 saturated heterocycles. The highest BCUT2D eigenvalue weighted by Gasteiger charge is 2.12. The highest BCUT2D eigenvalue weighted by Crippen LogP contribution is 2.07. The van der Waals surface area contributed by atoms with Gasteiger partial charge in [0, 0.05) is 11.8 Å². The van der Waals surface area contributed by atoms with Gasteiger partial charge in [-0.15, -0.1) is 5.10 Å². The van der Waals surface area contributed by atoms with Crippen LogP contribution in [-0.4, -0.2) is 36.2 Å². The minimum absolute atomic E-state index is 0.187. The molecule has 0 bridgehead atoms. The van der Waals surface area contributed by atoms with Gasteiger partial charge in [-0.1, -0.05) is 16.8 Å². The largest absolute Gasteiger partial charge is 0.409 e. The molecule has 0 fully saturated rings. The lowest BCUT2D eigenvalue weighted by molar-refractivity contribution is 0.316. The quantitative estimate of drug-likeness (QED) is 0.260. The van der Waals surface area contributed by atoms with Crippen molar-refractivity contribution in [3.8, 4) is 0 Å². The zero-order valence-corrected chi connectivity index (χ0v) is 9.00. The number of tetrazole rings is 1. The van der Waals surface area contributed by atoms with Gasteiger partial charge in [-0.25, -0.2) is 4.98 Å². The van der Waals surface area contributed by atoms with Gasteiger partial charge < -0.3 is 5.21 Å². The van der Waals surface area contributed by atoms with Crippen LogP contribution in [0.15, 0.2) is 23.5 Å². The van der Waals surface area contributed by atoms with Crippen molar-refractivity contribution in [3.63, 3.8) is 0 Å². The highest BCUT2D eigenvalue weighted by atomic mass is 35.5. The van der Waals surface area contributed by atoms with Gasteiger partial charge in [-0.3, -0.25) is 0 Å². The van der Waals surface area contributed by atoms with E-state index in [4.69, 9.17) is 16.8 Å². The number of halogens is 1. The molecule has 0 aromatic carbocycles. The molecule has 7 nitrogen and oxygen atoms in total. The molecule has 0 aliphatic heterocycles. The topological polar surface area (TPSA) is 89.1 Å². The third kappa shape index (κ3) is 1.84. The van der Waals surface area contributed by atoms with Crippen LogP contribution in [-0.2, 0) is 0 Å². The number of rotatable bonds is 1. The zero-order chi connectivity index (χ0) is 11.5. The van der Waals surface area contributed by atoms with Gasteiger partial charge in [-0.05, 0) is 29.5 Å². The van der Waals surface area contributed by atoms with Gasteiger partial charge in [0.1, 0.15) is 5.15 Å². The van der Waals surface area contributed by atoms with Crippen molar-refractivity contribution >= 4 is 17.4 Å². The molecule has 0 atom stereocenters. The third-order valence-corrected chi connectivity index (χ3v) is 2.13. The Morgan fingerprint density at radius 2 is 2.31 bits per heavy atom. The predicted molar refractivity (Wildman–Crippen MR) is 55.5 cm³/mol. The van der Waals surface area contributed by atoms with Gasteiger partial charge in [0.05, 0.1) is 0 Å². The number of hydrogen-bond donors (Lipinski definition) is 1. The molecular formula is C8H7ClN6O. The van der Waals surface area contributed by atoms with Crippen molar-refractivity contribution in [2.75, 3.05) is 0 Å². The van der Waals surface area contributed by atoms with E-state index < -0.39 is 0 Å². The summed E-state index contributed by atoms with van der Waals surface area (Å²) in [5.41, 5.74) is 0.558. The Kier molecular flexibility index (Phi) is 2.78. The maximum Gasteiger partial charge on any atom is 0.204 e. The van der Waals surface area contributed by atoms with Crippen LogP contribution in [0.3, 0.4) is 0 Å². The fraction of sp³-hybridized carbons (Fsp3) is 0.125. The van der Waals surface area contributed by atoms with E-state index in [9.17, 15) is 0 Å². The molecule has 0 radical (unpaired) electrons. The summed E-state index contributed by atoms with van der Waals surface area (Å²) in [5, 5.41) is 23.3. The van der Waals surface area contributed by atoms with Crippen LogP contribution < -0.4 is 0 Å². The van der Waals surface area contributed by atoms with Gasteiger partial charge >= 0.3 is 0 Å². The Labute approximate surface area is 95.4 Å². The van der Waals surface area contributed by atoms with Crippen LogP contribution in [0.4, 0.5) is 0 Å². The summed E-state index contributed by atoms with van der Waals surface area (Å²) < 4.78 is 1.30. The van der Waals surface area contributed by atoms with Gasteiger partial charge in [0.15, 0.2) is 5.82 Å². The summed E-state index contributed by atoms with van der Waals surface area (Å²) in [4.78, 5) is 3.88. The fourth-order valence-electron chi connectivity index (χ4n) is 1.16. The van der Waals surface area contributed by atoms with E-state index in [1.54, 1.807) is 19.1 Å². The normalized spacial score (nSPS) is 11.8. The molecule has 0 amide bonds. The van der Waals surface area contributed by atoms with Crippen molar-refractivity contribution in [3.05, 3.63) is 34.9 Å². The molecule has 1 N–H and O–H groups in total. The van der Waals surface area contributed by atoms with Crippen molar-refractivity contribution in [2.24, 2.45) is 5.16 Å². The Balaban J connectivity index is 2.46. The first kappa shape index (κ1) is 10.5. The molecule has 2 rings (SSSR count). The first-order valence-electron chi connectivity index (χ1n) is 4.31. The molecule has 16 heavy (non-hydrogen) atoms. The summed E-state index contributed by atoms with van der Waals surface area (Å²) in [6.07, 6.45) is 1.47. The van der Waals surface area contributed by atoms with Crippen LogP contribution in [0.1, 0.15) is 11.4 Å². The average molecular weight is 239 g/mol. The summed E-state index contributed by atoms with van der Waals surface area (Å²) in [6, 6.07) is 3.24. The van der Waals surface area contributed by atoms with Crippen LogP contribution in [0.5, 0.6) is 0 Å². The number of aromatic nitrogens is 5. The third-order valence-electron chi connectivity index (χ3n) is 1.91. The van der Waals surface area contributed by atoms with Gasteiger partial charge in [0.2, 0.25) is 5.84 Å². The van der Waals surface area contributed by atoms with E-state index in [2.05, 4.69) is 25.7 Å². The number of nitrogens with zero attached hydrogens (tertiary/aromatic N) is 6. The van der Waals surface area contributed by atoms with Crippen molar-refractivity contribution in [2.45, 2.75) is 6.92 Å². The maximum atomic E-state index is 8.96. The Morgan fingerprint density at radius 3 is 2.81 bits per heavy atom. The Hall–Kier alpha value is -2.02. The predicted octanol–water partition coefficient (Wildman–Crippen LogP) is 0.714. The summed E-state index contributed by atoms with van der Waals surface area (Å²) >= 11 is 5.66. The SMILES string of the molecule is Cc1nnnn1C(=NO)c1ccc(Cl)nc1. The molecule has 0 unspecified atom stereocenters. The second kappa shape index (κ2) is 4.23. The smallest absolute Gasteiger partial charge is 0.204 e. The van der Waals surface area contributed by atoms with Crippen LogP contribution >= 0.6 is 11.6 Å². The summed E-state index contributed by atoms with van der Waals surface area (Å²) in [5.74, 6) is 0.689. The van der Waals surface area contributed by atoms with Crippen molar-refractivity contribution < 1.29 is 5.21 Å². The van der Waals surface area contributed by atoms with Crippen LogP contribution in [0, 0.1) is 6.92 Å². The van der Waals surface area contributed by atoms with E-state index in [1.165, 1.54) is 10.9 Å².